The highest BCUT2D eigenvalue weighted by molar-refractivity contribution is 5.10. The number of hydrogen-bond acceptors (Lipinski definition) is 3. The molecule has 86 valence electrons. The van der Waals surface area contributed by atoms with Gasteiger partial charge in [-0.2, -0.15) is 10.2 Å². The maximum atomic E-state index is 4.32. The van der Waals surface area contributed by atoms with Gasteiger partial charge in [-0.25, -0.2) is 0 Å². The number of hydrogen-bond donors (Lipinski definition) is 1. The molecule has 0 amide bonds. The van der Waals surface area contributed by atoms with Gasteiger partial charge in [0, 0.05) is 25.4 Å². The second-order valence-electron chi connectivity index (χ2n) is 3.98. The highest BCUT2D eigenvalue weighted by Crippen LogP contribution is 2.05. The van der Waals surface area contributed by atoms with Gasteiger partial charge in [0.1, 0.15) is 0 Å². The van der Waals surface area contributed by atoms with E-state index in [2.05, 4.69) is 27.8 Å². The average molecular weight is 219 g/mol. The number of aryl methyl sites for hydroxylation is 2. The summed E-state index contributed by atoms with van der Waals surface area (Å²) in [5.74, 6) is 0. The minimum Gasteiger partial charge on any atom is -0.316 e. The van der Waals surface area contributed by atoms with Crippen molar-refractivity contribution in [1.82, 2.24) is 24.9 Å². The van der Waals surface area contributed by atoms with Gasteiger partial charge in [-0.05, 0) is 20.0 Å². The van der Waals surface area contributed by atoms with E-state index in [1.807, 2.05) is 36.6 Å². The summed E-state index contributed by atoms with van der Waals surface area (Å²) < 4.78 is 3.83. The SMILES string of the molecule is CNCc1cnn(Cc2cc(C)nn2C)c1. The van der Waals surface area contributed by atoms with Gasteiger partial charge in [-0.3, -0.25) is 9.36 Å². The van der Waals surface area contributed by atoms with Crippen molar-refractivity contribution in [1.29, 1.82) is 0 Å². The predicted molar refractivity (Wildman–Crippen MR) is 62.0 cm³/mol. The monoisotopic (exact) mass is 219 g/mol. The molecule has 0 unspecified atom stereocenters. The molecule has 1 N–H and O–H groups in total. The molecule has 0 spiro atoms. The second-order valence-corrected chi connectivity index (χ2v) is 3.98. The molecular weight excluding hydrogens is 202 g/mol. The molecule has 0 atom stereocenters. The van der Waals surface area contributed by atoms with Gasteiger partial charge >= 0.3 is 0 Å². The first-order valence-electron chi connectivity index (χ1n) is 5.34. The lowest BCUT2D eigenvalue weighted by atomic mass is 10.3. The van der Waals surface area contributed by atoms with Crippen LogP contribution in [0.1, 0.15) is 17.0 Å². The molecule has 0 aromatic carbocycles. The zero-order chi connectivity index (χ0) is 11.5. The van der Waals surface area contributed by atoms with Crippen LogP contribution in [0, 0.1) is 6.92 Å². The van der Waals surface area contributed by atoms with Crippen molar-refractivity contribution < 1.29 is 0 Å². The van der Waals surface area contributed by atoms with Crippen LogP contribution in [0.25, 0.3) is 0 Å². The third kappa shape index (κ3) is 2.30. The van der Waals surface area contributed by atoms with Crippen LogP contribution in [-0.4, -0.2) is 26.6 Å². The molecular formula is C11H17N5. The third-order valence-electron chi connectivity index (χ3n) is 2.49. The molecule has 5 heteroatoms. The quantitative estimate of drug-likeness (QED) is 0.823. The van der Waals surface area contributed by atoms with Gasteiger partial charge in [0.2, 0.25) is 0 Å². The van der Waals surface area contributed by atoms with Gasteiger partial charge < -0.3 is 5.32 Å². The lowest BCUT2D eigenvalue weighted by Crippen LogP contribution is -2.06. The topological polar surface area (TPSA) is 47.7 Å². The first kappa shape index (κ1) is 10.9. The highest BCUT2D eigenvalue weighted by atomic mass is 15.3. The van der Waals surface area contributed by atoms with Gasteiger partial charge in [0.05, 0.1) is 24.1 Å². The van der Waals surface area contributed by atoms with E-state index in [0.717, 1.165) is 24.5 Å². The van der Waals surface area contributed by atoms with Crippen LogP contribution in [0.4, 0.5) is 0 Å². The average Bonchev–Trinajstić information content (AvgIpc) is 2.76. The summed E-state index contributed by atoms with van der Waals surface area (Å²) in [5, 5.41) is 11.7. The Labute approximate surface area is 95.1 Å². The normalized spacial score (nSPS) is 10.9. The van der Waals surface area contributed by atoms with Gasteiger partial charge in [-0.15, -0.1) is 0 Å². The zero-order valence-electron chi connectivity index (χ0n) is 9.94. The molecule has 2 heterocycles. The van der Waals surface area contributed by atoms with Crippen molar-refractivity contribution in [2.24, 2.45) is 7.05 Å². The Balaban J connectivity index is 2.11. The Morgan fingerprint density at radius 2 is 2.25 bits per heavy atom. The summed E-state index contributed by atoms with van der Waals surface area (Å²) in [6, 6.07) is 2.08. The molecule has 0 aliphatic carbocycles. The first-order chi connectivity index (χ1) is 7.69. The van der Waals surface area contributed by atoms with Crippen LogP contribution in [-0.2, 0) is 20.1 Å². The number of rotatable bonds is 4. The maximum absolute atomic E-state index is 4.32. The fourth-order valence-corrected chi connectivity index (χ4v) is 1.77. The van der Waals surface area contributed by atoms with Crippen LogP contribution in [0.15, 0.2) is 18.5 Å². The Morgan fingerprint density at radius 3 is 2.88 bits per heavy atom. The fraction of sp³-hybridized carbons (Fsp3) is 0.455. The Hall–Kier alpha value is -1.62. The molecule has 0 saturated carbocycles. The van der Waals surface area contributed by atoms with E-state index in [1.165, 1.54) is 5.56 Å². The van der Waals surface area contributed by atoms with Crippen molar-refractivity contribution in [3.8, 4) is 0 Å². The predicted octanol–water partition coefficient (Wildman–Crippen LogP) is 0.693. The Bertz CT molecular complexity index is 468. The summed E-state index contributed by atoms with van der Waals surface area (Å²) in [4.78, 5) is 0. The summed E-state index contributed by atoms with van der Waals surface area (Å²) in [6.07, 6.45) is 3.94. The Kier molecular flexibility index (Phi) is 3.05. The molecule has 0 fully saturated rings. The number of nitrogens with one attached hydrogen (secondary N) is 1. The van der Waals surface area contributed by atoms with E-state index in [1.54, 1.807) is 0 Å². The van der Waals surface area contributed by atoms with Gasteiger partial charge in [0.15, 0.2) is 0 Å². The zero-order valence-corrected chi connectivity index (χ0v) is 9.94. The maximum Gasteiger partial charge on any atom is 0.0828 e. The lowest BCUT2D eigenvalue weighted by Gasteiger charge is -2.01. The summed E-state index contributed by atoms with van der Waals surface area (Å²) in [5.41, 5.74) is 3.40. The Morgan fingerprint density at radius 1 is 1.44 bits per heavy atom. The van der Waals surface area contributed by atoms with Crippen molar-refractivity contribution in [2.75, 3.05) is 7.05 Å². The van der Waals surface area contributed by atoms with Gasteiger partial charge in [-0.1, -0.05) is 0 Å². The molecule has 0 radical (unpaired) electrons. The van der Waals surface area contributed by atoms with Crippen molar-refractivity contribution in [3.05, 3.63) is 35.4 Å². The van der Waals surface area contributed by atoms with E-state index in [4.69, 9.17) is 0 Å². The van der Waals surface area contributed by atoms with E-state index in [9.17, 15) is 0 Å². The molecule has 2 aromatic heterocycles. The molecule has 0 aliphatic heterocycles. The smallest absolute Gasteiger partial charge is 0.0828 e. The van der Waals surface area contributed by atoms with Crippen molar-refractivity contribution in [3.63, 3.8) is 0 Å². The lowest BCUT2D eigenvalue weighted by molar-refractivity contribution is 0.618. The standard InChI is InChI=1S/C11H17N5/c1-9-4-11(15(3)14-9)8-16-7-10(5-12-2)6-13-16/h4,6-7,12H,5,8H2,1-3H3. The minimum absolute atomic E-state index is 0.765. The highest BCUT2D eigenvalue weighted by Gasteiger charge is 2.04. The van der Waals surface area contributed by atoms with Crippen LogP contribution in [0.2, 0.25) is 0 Å². The van der Waals surface area contributed by atoms with E-state index < -0.39 is 0 Å². The minimum atomic E-state index is 0.765. The van der Waals surface area contributed by atoms with Gasteiger partial charge in [0.25, 0.3) is 0 Å². The molecule has 0 bridgehead atoms. The number of nitrogens with zero attached hydrogens (tertiary/aromatic N) is 4. The molecule has 2 aromatic rings. The largest absolute Gasteiger partial charge is 0.316 e. The van der Waals surface area contributed by atoms with E-state index in [-0.39, 0.29) is 0 Å². The third-order valence-corrected chi connectivity index (χ3v) is 2.49. The number of aromatic nitrogens is 4. The molecule has 16 heavy (non-hydrogen) atoms. The molecule has 5 nitrogen and oxygen atoms in total. The van der Waals surface area contributed by atoms with E-state index in [0.29, 0.717) is 0 Å². The summed E-state index contributed by atoms with van der Waals surface area (Å²) in [7, 11) is 3.89. The van der Waals surface area contributed by atoms with Crippen LogP contribution in [0.5, 0.6) is 0 Å². The van der Waals surface area contributed by atoms with Crippen LogP contribution >= 0.6 is 0 Å². The second kappa shape index (κ2) is 4.49. The first-order valence-corrected chi connectivity index (χ1v) is 5.34. The summed E-state index contributed by atoms with van der Waals surface area (Å²) in [6.45, 7) is 3.62. The molecule has 2 rings (SSSR count). The van der Waals surface area contributed by atoms with Crippen molar-refractivity contribution in [2.45, 2.75) is 20.0 Å². The van der Waals surface area contributed by atoms with Crippen LogP contribution in [0.3, 0.4) is 0 Å². The van der Waals surface area contributed by atoms with Crippen LogP contribution < -0.4 is 5.32 Å². The molecule has 0 aliphatic rings. The van der Waals surface area contributed by atoms with E-state index >= 15 is 0 Å². The fourth-order valence-electron chi connectivity index (χ4n) is 1.77. The van der Waals surface area contributed by atoms with Crippen molar-refractivity contribution >= 4 is 0 Å². The summed E-state index contributed by atoms with van der Waals surface area (Å²) >= 11 is 0. The molecule has 0 saturated heterocycles.